The van der Waals surface area contributed by atoms with E-state index in [0.717, 1.165) is 21.7 Å². The Morgan fingerprint density at radius 2 is 1.67 bits per heavy atom. The maximum absolute atomic E-state index is 9.43. The lowest BCUT2D eigenvalue weighted by molar-refractivity contribution is 0.198. The third kappa shape index (κ3) is 1.79. The van der Waals surface area contributed by atoms with Gasteiger partial charge >= 0.3 is 0 Å². The van der Waals surface area contributed by atoms with E-state index in [0.29, 0.717) is 0 Å². The summed E-state index contributed by atoms with van der Waals surface area (Å²) in [6.45, 7) is 5.69. The van der Waals surface area contributed by atoms with Crippen LogP contribution < -0.4 is 0 Å². The van der Waals surface area contributed by atoms with Crippen LogP contribution >= 0.6 is 11.6 Å². The highest BCUT2D eigenvalue weighted by atomic mass is 35.5. The van der Waals surface area contributed by atoms with Crippen LogP contribution in [-0.2, 0) is 0 Å². The first kappa shape index (κ1) is 9.56. The normalized spacial score (nSPS) is 13.1. The fourth-order valence-corrected chi connectivity index (χ4v) is 1.91. The lowest BCUT2D eigenvalue weighted by Crippen LogP contribution is -1.98. The van der Waals surface area contributed by atoms with Crippen LogP contribution in [0.5, 0.6) is 0 Å². The van der Waals surface area contributed by atoms with Crippen molar-refractivity contribution in [1.29, 1.82) is 0 Å². The number of benzene rings is 1. The molecule has 0 radical (unpaired) electrons. The average molecular weight is 185 g/mol. The second-order valence-corrected chi connectivity index (χ2v) is 3.57. The smallest absolute Gasteiger partial charge is 0.0767 e. The molecule has 0 aliphatic rings. The Morgan fingerprint density at radius 1 is 1.25 bits per heavy atom. The predicted molar refractivity (Wildman–Crippen MR) is 51.6 cm³/mol. The number of halogens is 1. The molecule has 0 spiro atoms. The van der Waals surface area contributed by atoms with Gasteiger partial charge in [0.2, 0.25) is 0 Å². The summed E-state index contributed by atoms with van der Waals surface area (Å²) in [6, 6.07) is 3.74. The van der Waals surface area contributed by atoms with Gasteiger partial charge in [0.1, 0.15) is 0 Å². The summed E-state index contributed by atoms with van der Waals surface area (Å²) in [5.41, 5.74) is 3.09. The highest BCUT2D eigenvalue weighted by Crippen LogP contribution is 2.25. The Labute approximate surface area is 78.0 Å². The molecular formula is C10H13ClO. The molecule has 1 aromatic carbocycles. The predicted octanol–water partition coefficient (Wildman–Crippen LogP) is 3.01. The minimum atomic E-state index is -0.415. The highest BCUT2D eigenvalue weighted by molar-refractivity contribution is 6.30. The van der Waals surface area contributed by atoms with Crippen molar-refractivity contribution < 1.29 is 5.11 Å². The average Bonchev–Trinajstić information content (AvgIpc) is 1.82. The van der Waals surface area contributed by atoms with Gasteiger partial charge in [-0.25, -0.2) is 0 Å². The first-order valence-corrected chi connectivity index (χ1v) is 4.35. The zero-order chi connectivity index (χ0) is 9.30. The van der Waals surface area contributed by atoms with Gasteiger partial charge in [-0.2, -0.15) is 0 Å². The van der Waals surface area contributed by atoms with Crippen molar-refractivity contribution in [2.24, 2.45) is 0 Å². The molecule has 0 fully saturated rings. The van der Waals surface area contributed by atoms with Gasteiger partial charge in [-0.3, -0.25) is 0 Å². The molecule has 0 saturated heterocycles. The quantitative estimate of drug-likeness (QED) is 0.712. The van der Waals surface area contributed by atoms with Crippen LogP contribution in [0.3, 0.4) is 0 Å². The molecule has 0 amide bonds. The topological polar surface area (TPSA) is 20.2 Å². The van der Waals surface area contributed by atoms with Crippen molar-refractivity contribution in [2.75, 3.05) is 0 Å². The van der Waals surface area contributed by atoms with Gasteiger partial charge in [0.25, 0.3) is 0 Å². The summed E-state index contributed by atoms with van der Waals surface area (Å²) in [5.74, 6) is 0. The largest absolute Gasteiger partial charge is 0.389 e. The summed E-state index contributed by atoms with van der Waals surface area (Å²) >= 11 is 5.85. The summed E-state index contributed by atoms with van der Waals surface area (Å²) in [4.78, 5) is 0. The minimum absolute atomic E-state index is 0.415. The highest BCUT2D eigenvalue weighted by Gasteiger charge is 2.08. The SMILES string of the molecule is Cc1cc(Cl)cc(C)c1C(C)O. The number of aliphatic hydroxyl groups is 1. The van der Waals surface area contributed by atoms with Gasteiger partial charge < -0.3 is 5.11 Å². The maximum Gasteiger partial charge on any atom is 0.0767 e. The van der Waals surface area contributed by atoms with E-state index in [2.05, 4.69) is 0 Å². The third-order valence-corrected chi connectivity index (χ3v) is 2.19. The zero-order valence-electron chi connectivity index (χ0n) is 7.56. The molecule has 1 aromatic rings. The van der Waals surface area contributed by atoms with E-state index in [1.54, 1.807) is 6.92 Å². The summed E-state index contributed by atoms with van der Waals surface area (Å²) < 4.78 is 0. The molecular weight excluding hydrogens is 172 g/mol. The maximum atomic E-state index is 9.43. The summed E-state index contributed by atoms with van der Waals surface area (Å²) in [7, 11) is 0. The first-order chi connectivity index (χ1) is 5.52. The van der Waals surface area contributed by atoms with Crippen LogP contribution in [0, 0.1) is 13.8 Å². The molecule has 1 unspecified atom stereocenters. The van der Waals surface area contributed by atoms with E-state index < -0.39 is 6.10 Å². The van der Waals surface area contributed by atoms with Crippen LogP contribution in [0.25, 0.3) is 0 Å². The lowest BCUT2D eigenvalue weighted by Gasteiger charge is -2.12. The molecule has 66 valence electrons. The van der Waals surface area contributed by atoms with E-state index >= 15 is 0 Å². The second kappa shape index (κ2) is 3.46. The number of hydrogen-bond donors (Lipinski definition) is 1. The molecule has 2 heteroatoms. The fourth-order valence-electron chi connectivity index (χ4n) is 1.58. The van der Waals surface area contributed by atoms with Crippen molar-refractivity contribution >= 4 is 11.6 Å². The van der Waals surface area contributed by atoms with Gasteiger partial charge in [0.15, 0.2) is 0 Å². The van der Waals surface area contributed by atoms with E-state index in [4.69, 9.17) is 11.6 Å². The zero-order valence-corrected chi connectivity index (χ0v) is 8.31. The van der Waals surface area contributed by atoms with Crippen molar-refractivity contribution in [3.05, 3.63) is 33.8 Å². The van der Waals surface area contributed by atoms with Gasteiger partial charge in [0, 0.05) is 5.02 Å². The van der Waals surface area contributed by atoms with Gasteiger partial charge in [0.05, 0.1) is 6.10 Å². The van der Waals surface area contributed by atoms with Gasteiger partial charge in [-0.05, 0) is 49.6 Å². The number of rotatable bonds is 1. The van der Waals surface area contributed by atoms with Gasteiger partial charge in [-0.1, -0.05) is 11.6 Å². The molecule has 1 N–H and O–H groups in total. The van der Waals surface area contributed by atoms with Crippen molar-refractivity contribution in [1.82, 2.24) is 0 Å². The van der Waals surface area contributed by atoms with Crippen molar-refractivity contribution in [3.8, 4) is 0 Å². The van der Waals surface area contributed by atoms with E-state index in [9.17, 15) is 5.11 Å². The lowest BCUT2D eigenvalue weighted by atomic mass is 9.99. The van der Waals surface area contributed by atoms with Crippen LogP contribution in [0.2, 0.25) is 5.02 Å². The number of hydrogen-bond acceptors (Lipinski definition) is 1. The Bertz CT molecular complexity index is 269. The fraction of sp³-hybridized carbons (Fsp3) is 0.400. The number of aryl methyl sites for hydroxylation is 2. The standard InChI is InChI=1S/C10H13ClO/c1-6-4-9(11)5-7(2)10(6)8(3)12/h4-5,8,12H,1-3H3. The molecule has 0 aromatic heterocycles. The number of aliphatic hydroxyl groups excluding tert-OH is 1. The molecule has 0 aliphatic carbocycles. The Balaban J connectivity index is 3.28. The minimum Gasteiger partial charge on any atom is -0.389 e. The van der Waals surface area contributed by atoms with Crippen LogP contribution in [0.1, 0.15) is 29.7 Å². The monoisotopic (exact) mass is 184 g/mol. The molecule has 1 rings (SSSR count). The van der Waals surface area contributed by atoms with Crippen LogP contribution in [-0.4, -0.2) is 5.11 Å². The van der Waals surface area contributed by atoms with E-state index in [1.807, 2.05) is 26.0 Å². The molecule has 0 aliphatic heterocycles. The van der Waals surface area contributed by atoms with Crippen LogP contribution in [0.15, 0.2) is 12.1 Å². The van der Waals surface area contributed by atoms with E-state index in [-0.39, 0.29) is 0 Å². The molecule has 0 bridgehead atoms. The first-order valence-electron chi connectivity index (χ1n) is 3.97. The van der Waals surface area contributed by atoms with Gasteiger partial charge in [-0.15, -0.1) is 0 Å². The molecule has 1 nitrogen and oxygen atoms in total. The second-order valence-electron chi connectivity index (χ2n) is 3.13. The van der Waals surface area contributed by atoms with Crippen molar-refractivity contribution in [3.63, 3.8) is 0 Å². The molecule has 1 atom stereocenters. The Kier molecular flexibility index (Phi) is 2.76. The third-order valence-electron chi connectivity index (χ3n) is 1.98. The van der Waals surface area contributed by atoms with Crippen molar-refractivity contribution in [2.45, 2.75) is 26.9 Å². The molecule has 0 heterocycles. The molecule has 0 saturated carbocycles. The molecule has 12 heavy (non-hydrogen) atoms. The Morgan fingerprint density at radius 3 is 2.00 bits per heavy atom. The van der Waals surface area contributed by atoms with E-state index in [1.165, 1.54) is 0 Å². The Hall–Kier alpha value is -0.530. The summed E-state index contributed by atoms with van der Waals surface area (Å²) in [6.07, 6.45) is -0.415. The summed E-state index contributed by atoms with van der Waals surface area (Å²) in [5, 5.41) is 10.2. The van der Waals surface area contributed by atoms with Crippen LogP contribution in [0.4, 0.5) is 0 Å².